The Kier molecular flexibility index (Phi) is 5.99. The molecule has 1 heterocycles. The molecule has 1 atom stereocenters. The summed E-state index contributed by atoms with van der Waals surface area (Å²) in [7, 11) is 3.46. The summed E-state index contributed by atoms with van der Waals surface area (Å²) in [6.45, 7) is 3.93. The minimum atomic E-state index is -0.321. The number of hydrogen-bond acceptors (Lipinski definition) is 4. The third-order valence-corrected chi connectivity index (χ3v) is 5.28. The maximum atomic E-state index is 12.3. The maximum Gasteiger partial charge on any atom is 0.173 e. The van der Waals surface area contributed by atoms with Crippen LogP contribution in [0.4, 0.5) is 0 Å². The van der Waals surface area contributed by atoms with E-state index in [9.17, 15) is 4.79 Å². The molecule has 28 heavy (non-hydrogen) atoms. The lowest BCUT2D eigenvalue weighted by Gasteiger charge is -2.35. The second-order valence-electron chi connectivity index (χ2n) is 6.68. The van der Waals surface area contributed by atoms with Crippen LogP contribution in [0.25, 0.3) is 0 Å². The van der Waals surface area contributed by atoms with Gasteiger partial charge in [0.05, 0.1) is 13.2 Å². The average Bonchev–Trinajstić information content (AvgIpc) is 2.70. The minimum Gasteiger partial charge on any atom is -0.493 e. The molecule has 0 radical (unpaired) electrons. The van der Waals surface area contributed by atoms with Crippen LogP contribution in [0.15, 0.2) is 59.8 Å². The zero-order valence-electron chi connectivity index (χ0n) is 16.5. The van der Waals surface area contributed by atoms with Crippen LogP contribution in [-0.4, -0.2) is 30.0 Å². The number of carbonyl (C=O) groups excluding carboxylic acids is 1. The van der Waals surface area contributed by atoms with Crippen molar-refractivity contribution in [3.8, 4) is 11.5 Å². The zero-order chi connectivity index (χ0) is 20.3. The fraction of sp³-hybridized carbons (Fsp3) is 0.273. The Labute approximate surface area is 170 Å². The molecule has 0 aliphatic carbocycles. The molecule has 146 valence electrons. The number of thiocarbonyl (C=S) groups is 1. The molecule has 1 aliphatic heterocycles. The van der Waals surface area contributed by atoms with Crippen LogP contribution in [0.5, 0.6) is 11.5 Å². The molecule has 0 saturated heterocycles. The molecule has 0 bridgehead atoms. The third-order valence-electron chi connectivity index (χ3n) is 4.89. The van der Waals surface area contributed by atoms with E-state index in [1.807, 2.05) is 67.4 Å². The molecule has 0 fully saturated rings. The monoisotopic (exact) mass is 396 g/mol. The fourth-order valence-electron chi connectivity index (χ4n) is 3.26. The molecule has 0 aromatic heterocycles. The van der Waals surface area contributed by atoms with Crippen molar-refractivity contribution in [3.05, 3.63) is 70.9 Å². The van der Waals surface area contributed by atoms with Gasteiger partial charge in [-0.05, 0) is 49.3 Å². The predicted octanol–water partition coefficient (Wildman–Crippen LogP) is 4.00. The van der Waals surface area contributed by atoms with Gasteiger partial charge in [-0.15, -0.1) is 0 Å². The Hall–Kier alpha value is -2.86. The van der Waals surface area contributed by atoms with E-state index in [1.165, 1.54) is 0 Å². The largest absolute Gasteiger partial charge is 0.493 e. The summed E-state index contributed by atoms with van der Waals surface area (Å²) in [4.78, 5) is 14.1. The van der Waals surface area contributed by atoms with Crippen LogP contribution < -0.4 is 14.8 Å². The highest BCUT2D eigenvalue weighted by molar-refractivity contribution is 7.80. The number of carbonyl (C=O) groups is 1. The first-order valence-corrected chi connectivity index (χ1v) is 9.43. The first kappa shape index (κ1) is 19.9. The van der Waals surface area contributed by atoms with Gasteiger partial charge in [-0.2, -0.15) is 0 Å². The van der Waals surface area contributed by atoms with Gasteiger partial charge in [-0.3, -0.25) is 4.79 Å². The maximum absolute atomic E-state index is 12.3. The predicted molar refractivity (Wildman–Crippen MR) is 113 cm³/mol. The number of Topliss-reactive ketones (excluding diaryl/α,β-unsaturated/α-hetero) is 1. The SMILES string of the molecule is COc1cc(C2NC(=S)N(C)C(C)=C2C(C)=O)ccc1OCc1ccccc1. The Balaban J connectivity index is 1.90. The summed E-state index contributed by atoms with van der Waals surface area (Å²) in [5, 5.41) is 3.83. The number of methoxy groups -OCH3 is 1. The highest BCUT2D eigenvalue weighted by Gasteiger charge is 2.31. The molecular weight excluding hydrogens is 372 g/mol. The van der Waals surface area contributed by atoms with Crippen molar-refractivity contribution in [2.75, 3.05) is 14.2 Å². The average molecular weight is 397 g/mol. The summed E-state index contributed by atoms with van der Waals surface area (Å²) in [5.41, 5.74) is 3.51. The molecular formula is C22H24N2O3S. The van der Waals surface area contributed by atoms with Crippen LogP contribution >= 0.6 is 12.2 Å². The van der Waals surface area contributed by atoms with Crippen LogP contribution in [0.2, 0.25) is 0 Å². The van der Waals surface area contributed by atoms with Gasteiger partial charge in [-0.1, -0.05) is 36.4 Å². The van der Waals surface area contributed by atoms with Gasteiger partial charge >= 0.3 is 0 Å². The van der Waals surface area contributed by atoms with Crippen LogP contribution in [0.1, 0.15) is 31.0 Å². The summed E-state index contributed by atoms with van der Waals surface area (Å²) in [5.74, 6) is 1.27. The standard InChI is InChI=1S/C22H24N2O3S/c1-14-20(15(2)25)21(23-22(28)24(14)3)17-10-11-18(19(12-17)26-4)27-13-16-8-6-5-7-9-16/h5-12,21H,13H2,1-4H3,(H,23,28). The number of hydrogen-bond donors (Lipinski definition) is 1. The lowest BCUT2D eigenvalue weighted by Crippen LogP contribution is -2.45. The molecule has 1 aliphatic rings. The number of nitrogens with one attached hydrogen (secondary N) is 1. The lowest BCUT2D eigenvalue weighted by molar-refractivity contribution is -0.114. The van der Waals surface area contributed by atoms with Crippen molar-refractivity contribution in [3.63, 3.8) is 0 Å². The topological polar surface area (TPSA) is 50.8 Å². The van der Waals surface area contributed by atoms with E-state index in [4.69, 9.17) is 21.7 Å². The van der Waals surface area contributed by atoms with E-state index in [2.05, 4.69) is 5.32 Å². The van der Waals surface area contributed by atoms with Crippen molar-refractivity contribution in [1.82, 2.24) is 10.2 Å². The summed E-state index contributed by atoms with van der Waals surface area (Å²) < 4.78 is 11.5. The quantitative estimate of drug-likeness (QED) is 0.745. The van der Waals surface area contributed by atoms with Crippen LogP contribution in [0.3, 0.4) is 0 Å². The van der Waals surface area contributed by atoms with Crippen LogP contribution in [0, 0.1) is 0 Å². The molecule has 6 heteroatoms. The highest BCUT2D eigenvalue weighted by atomic mass is 32.1. The van der Waals surface area contributed by atoms with E-state index in [0.29, 0.717) is 28.8 Å². The van der Waals surface area contributed by atoms with Gasteiger partial charge < -0.3 is 19.7 Å². The Morgan fingerprint density at radius 2 is 1.89 bits per heavy atom. The molecule has 1 unspecified atom stereocenters. The van der Waals surface area contributed by atoms with Gasteiger partial charge in [0.15, 0.2) is 22.4 Å². The Morgan fingerprint density at radius 1 is 1.18 bits per heavy atom. The Morgan fingerprint density at radius 3 is 2.54 bits per heavy atom. The highest BCUT2D eigenvalue weighted by Crippen LogP contribution is 2.36. The zero-order valence-corrected chi connectivity index (χ0v) is 17.3. The molecule has 0 saturated carbocycles. The van der Waals surface area contributed by atoms with E-state index >= 15 is 0 Å². The Bertz CT molecular complexity index is 925. The first-order valence-electron chi connectivity index (χ1n) is 9.03. The summed E-state index contributed by atoms with van der Waals surface area (Å²) in [6, 6.07) is 15.3. The van der Waals surface area contributed by atoms with E-state index in [0.717, 1.165) is 16.8 Å². The van der Waals surface area contributed by atoms with Crippen molar-refractivity contribution in [2.45, 2.75) is 26.5 Å². The normalized spacial score (nSPS) is 16.6. The van der Waals surface area contributed by atoms with Crippen molar-refractivity contribution < 1.29 is 14.3 Å². The number of ketones is 1. The summed E-state index contributed by atoms with van der Waals surface area (Å²) >= 11 is 5.42. The number of benzene rings is 2. The van der Waals surface area contributed by atoms with Crippen molar-refractivity contribution >= 4 is 23.1 Å². The number of nitrogens with zero attached hydrogens (tertiary/aromatic N) is 1. The number of allylic oxidation sites excluding steroid dienone is 1. The molecule has 2 aromatic rings. The van der Waals surface area contributed by atoms with Gasteiger partial charge in [0.1, 0.15) is 6.61 Å². The number of ether oxygens (including phenoxy) is 2. The van der Waals surface area contributed by atoms with Crippen molar-refractivity contribution in [2.24, 2.45) is 0 Å². The van der Waals surface area contributed by atoms with Crippen molar-refractivity contribution in [1.29, 1.82) is 0 Å². The molecule has 3 rings (SSSR count). The number of rotatable bonds is 6. The first-order chi connectivity index (χ1) is 13.4. The lowest BCUT2D eigenvalue weighted by atomic mass is 9.92. The minimum absolute atomic E-state index is 0.00715. The third kappa shape index (κ3) is 4.02. The molecule has 0 spiro atoms. The smallest absolute Gasteiger partial charge is 0.173 e. The molecule has 0 amide bonds. The van der Waals surface area contributed by atoms with Gasteiger partial charge in [0.2, 0.25) is 0 Å². The molecule has 1 N–H and O–H groups in total. The second kappa shape index (κ2) is 8.44. The molecule has 2 aromatic carbocycles. The van der Waals surface area contributed by atoms with E-state index in [-0.39, 0.29) is 11.8 Å². The summed E-state index contributed by atoms with van der Waals surface area (Å²) in [6.07, 6.45) is 0. The van der Waals surface area contributed by atoms with E-state index in [1.54, 1.807) is 14.0 Å². The molecule has 5 nitrogen and oxygen atoms in total. The fourth-order valence-corrected chi connectivity index (χ4v) is 3.52. The van der Waals surface area contributed by atoms with Gasteiger partial charge in [-0.25, -0.2) is 0 Å². The van der Waals surface area contributed by atoms with E-state index < -0.39 is 0 Å². The van der Waals surface area contributed by atoms with Gasteiger partial charge in [0.25, 0.3) is 0 Å². The van der Waals surface area contributed by atoms with Crippen LogP contribution in [-0.2, 0) is 11.4 Å². The second-order valence-corrected chi connectivity index (χ2v) is 7.07. The van der Waals surface area contributed by atoms with Gasteiger partial charge in [0, 0.05) is 18.3 Å².